The van der Waals surface area contributed by atoms with Crippen molar-refractivity contribution in [2.24, 2.45) is 5.92 Å². The van der Waals surface area contributed by atoms with Gasteiger partial charge < -0.3 is 15.5 Å². The Morgan fingerprint density at radius 2 is 1.69 bits per heavy atom. The molecule has 0 aromatic rings. The first kappa shape index (κ1) is 14.6. The molecule has 0 heterocycles. The Morgan fingerprint density at radius 3 is 2.00 bits per heavy atom. The van der Waals surface area contributed by atoms with Crippen molar-refractivity contribution in [1.82, 2.24) is 5.32 Å². The predicted octanol–water partition coefficient (Wildman–Crippen LogP) is 0.540. The van der Waals surface area contributed by atoms with Gasteiger partial charge in [-0.05, 0) is 19.8 Å². The summed E-state index contributed by atoms with van der Waals surface area (Å²) in [5, 5.41) is 20.3. The molecule has 0 aromatic heterocycles. The lowest BCUT2D eigenvalue weighted by atomic mass is 10.0. The van der Waals surface area contributed by atoms with Gasteiger partial charge in [-0.3, -0.25) is 4.79 Å². The Hall–Kier alpha value is -1.36. The number of rotatable bonds is 5. The second kappa shape index (κ2) is 6.27. The molecule has 1 amide bonds. The van der Waals surface area contributed by atoms with Gasteiger partial charge in [0.25, 0.3) is 0 Å². The second-order valence-corrected chi connectivity index (χ2v) is 4.06. The first-order valence-corrected chi connectivity index (χ1v) is 5.13. The lowest BCUT2D eigenvalue weighted by Crippen LogP contribution is -2.41. The van der Waals surface area contributed by atoms with E-state index in [1.165, 1.54) is 13.8 Å². The van der Waals surface area contributed by atoms with Gasteiger partial charge in [-0.25, -0.2) is 4.79 Å². The summed E-state index contributed by atoms with van der Waals surface area (Å²) in [5.74, 6) is -1.47. The minimum atomic E-state index is -1.11. The Morgan fingerprint density at radius 1 is 1.19 bits per heavy atom. The van der Waals surface area contributed by atoms with E-state index in [9.17, 15) is 9.59 Å². The number of hydrogen-bond acceptors (Lipinski definition) is 3. The zero-order valence-corrected chi connectivity index (χ0v) is 10.1. The van der Waals surface area contributed by atoms with Crippen LogP contribution < -0.4 is 5.32 Å². The van der Waals surface area contributed by atoms with Crippen molar-refractivity contribution in [2.75, 3.05) is 6.61 Å². The van der Waals surface area contributed by atoms with E-state index in [1.807, 2.05) is 13.8 Å². The van der Waals surface area contributed by atoms with Crippen molar-refractivity contribution in [3.05, 3.63) is 11.1 Å². The van der Waals surface area contributed by atoms with Crippen molar-refractivity contribution in [1.29, 1.82) is 0 Å². The molecule has 0 rings (SSSR count). The topological polar surface area (TPSA) is 86.6 Å². The summed E-state index contributed by atoms with van der Waals surface area (Å²) < 4.78 is 0. The molecule has 5 nitrogen and oxygen atoms in total. The molecule has 0 aliphatic heterocycles. The summed E-state index contributed by atoms with van der Waals surface area (Å²) in [6.45, 7) is 6.39. The third kappa shape index (κ3) is 4.02. The van der Waals surface area contributed by atoms with Crippen LogP contribution in [0.4, 0.5) is 0 Å². The Labute approximate surface area is 95.2 Å². The Bertz CT molecular complexity index is 307. The van der Waals surface area contributed by atoms with Gasteiger partial charge in [-0.15, -0.1) is 0 Å². The van der Waals surface area contributed by atoms with E-state index >= 15 is 0 Å². The van der Waals surface area contributed by atoms with Gasteiger partial charge in [-0.1, -0.05) is 13.8 Å². The van der Waals surface area contributed by atoms with Gasteiger partial charge in [0, 0.05) is 11.1 Å². The minimum Gasteiger partial charge on any atom is -0.478 e. The van der Waals surface area contributed by atoms with Crippen molar-refractivity contribution >= 4 is 11.9 Å². The monoisotopic (exact) mass is 229 g/mol. The number of aliphatic carboxylic acids is 1. The number of nitrogens with one attached hydrogen (secondary N) is 1. The molecule has 0 aromatic carbocycles. The molecule has 0 fully saturated rings. The van der Waals surface area contributed by atoms with Crippen molar-refractivity contribution in [3.63, 3.8) is 0 Å². The van der Waals surface area contributed by atoms with E-state index in [0.717, 1.165) is 0 Å². The molecule has 92 valence electrons. The molecule has 0 bridgehead atoms. The molecule has 3 N–H and O–H groups in total. The lowest BCUT2D eigenvalue weighted by Gasteiger charge is -2.20. The minimum absolute atomic E-state index is 0.0120. The third-order valence-electron chi connectivity index (χ3n) is 2.54. The van der Waals surface area contributed by atoms with Crippen LogP contribution in [0.1, 0.15) is 27.7 Å². The number of hydrogen-bond donors (Lipinski definition) is 3. The average Bonchev–Trinajstić information content (AvgIpc) is 2.22. The quantitative estimate of drug-likeness (QED) is 0.600. The van der Waals surface area contributed by atoms with E-state index < -0.39 is 11.9 Å². The van der Waals surface area contributed by atoms with Gasteiger partial charge in [0.05, 0.1) is 12.6 Å². The van der Waals surface area contributed by atoms with Crippen LogP contribution in [0, 0.1) is 5.92 Å². The molecule has 16 heavy (non-hydrogen) atoms. The summed E-state index contributed by atoms with van der Waals surface area (Å²) in [6.07, 6.45) is 0. The number of carboxylic acid groups (broad SMARTS) is 1. The summed E-state index contributed by atoms with van der Waals surface area (Å²) in [4.78, 5) is 22.3. The molecular weight excluding hydrogens is 210 g/mol. The van der Waals surface area contributed by atoms with Crippen molar-refractivity contribution < 1.29 is 19.8 Å². The van der Waals surface area contributed by atoms with Crippen LogP contribution in [0.25, 0.3) is 0 Å². The maximum Gasteiger partial charge on any atom is 0.331 e. The van der Waals surface area contributed by atoms with E-state index in [-0.39, 0.29) is 29.7 Å². The largest absolute Gasteiger partial charge is 0.478 e. The van der Waals surface area contributed by atoms with Gasteiger partial charge >= 0.3 is 5.97 Å². The van der Waals surface area contributed by atoms with Crippen LogP contribution in [0.5, 0.6) is 0 Å². The third-order valence-corrected chi connectivity index (χ3v) is 2.54. The normalized spacial score (nSPS) is 14.4. The van der Waals surface area contributed by atoms with Crippen LogP contribution in [0.3, 0.4) is 0 Å². The molecule has 0 aliphatic carbocycles. The molecule has 5 heteroatoms. The number of carbonyl (C=O) groups excluding carboxylic acids is 1. The highest BCUT2D eigenvalue weighted by Gasteiger charge is 2.18. The molecule has 1 atom stereocenters. The number of carbonyl (C=O) groups is 2. The highest BCUT2D eigenvalue weighted by Crippen LogP contribution is 2.06. The Kier molecular flexibility index (Phi) is 5.74. The molecule has 0 saturated heterocycles. The van der Waals surface area contributed by atoms with E-state index in [2.05, 4.69) is 5.32 Å². The summed E-state index contributed by atoms with van der Waals surface area (Å²) in [6, 6.07) is -0.357. The number of aliphatic hydroxyl groups is 1. The highest BCUT2D eigenvalue weighted by atomic mass is 16.4. The maximum absolute atomic E-state index is 11.6. The molecule has 0 radical (unpaired) electrons. The first-order chi connectivity index (χ1) is 7.31. The lowest BCUT2D eigenvalue weighted by molar-refractivity contribution is -0.133. The van der Waals surface area contributed by atoms with Crippen LogP contribution in [0.15, 0.2) is 11.1 Å². The zero-order valence-electron chi connectivity index (χ0n) is 10.1. The first-order valence-electron chi connectivity index (χ1n) is 5.13. The van der Waals surface area contributed by atoms with E-state index in [1.54, 1.807) is 0 Å². The SMILES string of the molecule is CC(C(=O)O)=C(C)C(=O)N[C@H](CO)C(C)C. The van der Waals surface area contributed by atoms with Gasteiger partial charge in [0.2, 0.25) is 5.91 Å². The molecule has 0 saturated carbocycles. The molecular formula is C11H19NO4. The van der Waals surface area contributed by atoms with Gasteiger partial charge in [-0.2, -0.15) is 0 Å². The van der Waals surface area contributed by atoms with Gasteiger partial charge in [0.15, 0.2) is 0 Å². The summed E-state index contributed by atoms with van der Waals surface area (Å²) in [7, 11) is 0. The average molecular weight is 229 g/mol. The summed E-state index contributed by atoms with van der Waals surface area (Å²) >= 11 is 0. The predicted molar refractivity (Wildman–Crippen MR) is 59.9 cm³/mol. The van der Waals surface area contributed by atoms with E-state index in [4.69, 9.17) is 10.2 Å². The van der Waals surface area contributed by atoms with Crippen LogP contribution in [0.2, 0.25) is 0 Å². The molecule has 0 aliphatic rings. The Balaban J connectivity index is 4.70. The maximum atomic E-state index is 11.6. The highest BCUT2D eigenvalue weighted by molar-refractivity contribution is 6.01. The smallest absolute Gasteiger partial charge is 0.331 e. The van der Waals surface area contributed by atoms with Crippen molar-refractivity contribution in [3.8, 4) is 0 Å². The second-order valence-electron chi connectivity index (χ2n) is 4.06. The fourth-order valence-corrected chi connectivity index (χ4v) is 1.03. The van der Waals surface area contributed by atoms with Gasteiger partial charge in [0.1, 0.15) is 0 Å². The number of amides is 1. The van der Waals surface area contributed by atoms with Crippen LogP contribution in [-0.4, -0.2) is 34.7 Å². The fourth-order valence-electron chi connectivity index (χ4n) is 1.03. The number of carboxylic acids is 1. The molecule has 0 spiro atoms. The molecule has 0 unspecified atom stereocenters. The summed E-state index contributed by atoms with van der Waals surface area (Å²) in [5.41, 5.74) is 0.171. The fraction of sp³-hybridized carbons (Fsp3) is 0.636. The van der Waals surface area contributed by atoms with E-state index in [0.29, 0.717) is 0 Å². The zero-order chi connectivity index (χ0) is 12.9. The standard InChI is InChI=1S/C11H19NO4/c1-6(2)9(5-13)12-10(14)7(3)8(4)11(15)16/h6,9,13H,5H2,1-4H3,(H,12,14)(H,15,16)/t9-/m1/s1. The van der Waals surface area contributed by atoms with Crippen LogP contribution >= 0.6 is 0 Å². The van der Waals surface area contributed by atoms with Crippen molar-refractivity contribution in [2.45, 2.75) is 33.7 Å². The van der Waals surface area contributed by atoms with Crippen LogP contribution in [-0.2, 0) is 9.59 Å². The number of aliphatic hydroxyl groups excluding tert-OH is 1.